The Hall–Kier alpha value is -2.59. The second-order valence-corrected chi connectivity index (χ2v) is 7.44. The lowest BCUT2D eigenvalue weighted by Gasteiger charge is -2.33. The van der Waals surface area contributed by atoms with Gasteiger partial charge in [-0.2, -0.15) is 0 Å². The average molecular weight is 397 g/mol. The molecule has 1 aliphatic heterocycles. The molecule has 0 saturated carbocycles. The van der Waals surface area contributed by atoms with E-state index in [2.05, 4.69) is 12.2 Å². The molecule has 3 rings (SSSR count). The Morgan fingerprint density at radius 1 is 1.11 bits per heavy atom. The summed E-state index contributed by atoms with van der Waals surface area (Å²) in [5, 5.41) is 3.87. The molecule has 28 heavy (non-hydrogen) atoms. The molecular weight excluding hydrogens is 372 g/mol. The number of para-hydroxylation sites is 2. The van der Waals surface area contributed by atoms with Gasteiger partial charge < -0.3 is 5.32 Å². The van der Waals surface area contributed by atoms with Gasteiger partial charge in [0.25, 0.3) is 0 Å². The van der Waals surface area contributed by atoms with E-state index in [4.69, 9.17) is 11.6 Å². The molecule has 0 aliphatic carbocycles. The third-order valence-corrected chi connectivity index (χ3v) is 5.36. The van der Waals surface area contributed by atoms with Gasteiger partial charge in [-0.1, -0.05) is 55.3 Å². The molecule has 1 unspecified atom stereocenters. The average Bonchev–Trinajstić information content (AvgIpc) is 2.80. The van der Waals surface area contributed by atoms with Crippen molar-refractivity contribution in [1.29, 1.82) is 0 Å². The summed E-state index contributed by atoms with van der Waals surface area (Å²) in [5.74, 6) is -0.106. The molecule has 2 aromatic carbocycles. The number of benzene rings is 2. The third-order valence-electron chi connectivity index (χ3n) is 5.01. The molecule has 146 valence electrons. The fourth-order valence-electron chi connectivity index (χ4n) is 3.71. The Morgan fingerprint density at radius 3 is 2.46 bits per heavy atom. The number of hydrogen-bond acceptors (Lipinski definition) is 3. The maximum Gasteiger partial charge on any atom is 0.227 e. The minimum atomic E-state index is -0.577. The van der Waals surface area contributed by atoms with E-state index in [1.165, 1.54) is 6.92 Å². The number of unbranched alkanes of at least 4 members (excludes halogenated alkanes) is 1. The Morgan fingerprint density at radius 2 is 1.79 bits per heavy atom. The van der Waals surface area contributed by atoms with Crippen LogP contribution >= 0.6 is 11.6 Å². The van der Waals surface area contributed by atoms with Crippen LogP contribution in [-0.4, -0.2) is 11.7 Å². The quantitative estimate of drug-likeness (QED) is 0.685. The molecule has 0 aromatic heterocycles. The van der Waals surface area contributed by atoms with Gasteiger partial charge in [-0.3, -0.25) is 14.5 Å². The number of amides is 1. The fraction of sp³-hybridized carbons (Fsp3) is 0.304. The Kier molecular flexibility index (Phi) is 6.20. The van der Waals surface area contributed by atoms with Crippen LogP contribution in [0.1, 0.15) is 51.6 Å². The number of fused-ring (bicyclic) bond motifs is 1. The van der Waals surface area contributed by atoms with Crippen LogP contribution in [0.25, 0.3) is 0 Å². The molecule has 1 aliphatic rings. The number of allylic oxidation sites excluding steroid dienone is 1. The second-order valence-electron chi connectivity index (χ2n) is 7.03. The fourth-order valence-corrected chi connectivity index (χ4v) is 3.95. The number of anilines is 2. The van der Waals surface area contributed by atoms with Crippen molar-refractivity contribution in [1.82, 2.24) is 0 Å². The molecular formula is C23H25ClN2O2. The van der Waals surface area contributed by atoms with Crippen LogP contribution < -0.4 is 10.2 Å². The number of Topliss-reactive ketones (excluding diaryl/α,β-unsaturated/α-hetero) is 1. The summed E-state index contributed by atoms with van der Waals surface area (Å²) in [7, 11) is 0. The van der Waals surface area contributed by atoms with Gasteiger partial charge in [0.05, 0.1) is 17.4 Å². The van der Waals surface area contributed by atoms with Crippen molar-refractivity contribution in [2.24, 2.45) is 0 Å². The standard InChI is InChI=1S/C23H25ClN2O2/c1-4-5-14-21(28)26-20-13-9-8-12-19(20)25-15(2)22(16(3)27)23(26)17-10-6-7-11-18(17)24/h6-13,23,25H,4-5,14H2,1-3H3. The Bertz CT molecular complexity index is 936. The molecule has 0 spiro atoms. The minimum absolute atomic E-state index is 0.0190. The zero-order valence-corrected chi connectivity index (χ0v) is 17.2. The van der Waals surface area contributed by atoms with Crippen LogP contribution in [-0.2, 0) is 9.59 Å². The monoisotopic (exact) mass is 396 g/mol. The highest BCUT2D eigenvalue weighted by atomic mass is 35.5. The molecule has 5 heteroatoms. The maximum absolute atomic E-state index is 13.4. The van der Waals surface area contributed by atoms with E-state index in [0.717, 1.165) is 35.5 Å². The number of nitrogens with zero attached hydrogens (tertiary/aromatic N) is 1. The van der Waals surface area contributed by atoms with E-state index in [9.17, 15) is 9.59 Å². The number of carbonyl (C=O) groups excluding carboxylic acids is 2. The van der Waals surface area contributed by atoms with Crippen molar-refractivity contribution in [3.8, 4) is 0 Å². The summed E-state index contributed by atoms with van der Waals surface area (Å²) >= 11 is 6.54. The number of hydrogen-bond donors (Lipinski definition) is 1. The molecule has 0 saturated heterocycles. The van der Waals surface area contributed by atoms with Gasteiger partial charge in [0.1, 0.15) is 0 Å². The summed E-state index contributed by atoms with van der Waals surface area (Å²) in [6.45, 7) is 5.47. The van der Waals surface area contributed by atoms with Crippen molar-refractivity contribution < 1.29 is 9.59 Å². The molecule has 1 amide bonds. The van der Waals surface area contributed by atoms with Crippen LogP contribution in [0, 0.1) is 0 Å². The number of ketones is 1. The highest BCUT2D eigenvalue weighted by Gasteiger charge is 2.37. The summed E-state index contributed by atoms with van der Waals surface area (Å²) in [4.78, 5) is 27.8. The lowest BCUT2D eigenvalue weighted by atomic mass is 9.92. The van der Waals surface area contributed by atoms with Gasteiger partial charge in [-0.15, -0.1) is 0 Å². The summed E-state index contributed by atoms with van der Waals surface area (Å²) in [6, 6.07) is 14.5. The Labute approximate surface area is 171 Å². The molecule has 4 nitrogen and oxygen atoms in total. The van der Waals surface area contributed by atoms with E-state index in [-0.39, 0.29) is 11.7 Å². The van der Waals surface area contributed by atoms with Crippen LogP contribution in [0.5, 0.6) is 0 Å². The van der Waals surface area contributed by atoms with Crippen molar-refractivity contribution in [3.63, 3.8) is 0 Å². The van der Waals surface area contributed by atoms with Crippen molar-refractivity contribution in [2.75, 3.05) is 10.2 Å². The van der Waals surface area contributed by atoms with Crippen LogP contribution in [0.2, 0.25) is 5.02 Å². The Balaban J connectivity index is 2.29. The van der Waals surface area contributed by atoms with Crippen LogP contribution in [0.3, 0.4) is 0 Å². The molecule has 1 atom stereocenters. The van der Waals surface area contributed by atoms with Gasteiger partial charge in [0, 0.05) is 22.7 Å². The van der Waals surface area contributed by atoms with E-state index < -0.39 is 6.04 Å². The third kappa shape index (κ3) is 3.83. The largest absolute Gasteiger partial charge is 0.357 e. The zero-order valence-electron chi connectivity index (χ0n) is 16.5. The molecule has 0 fully saturated rings. The molecule has 0 radical (unpaired) electrons. The molecule has 1 heterocycles. The lowest BCUT2D eigenvalue weighted by molar-refractivity contribution is -0.119. The predicted octanol–water partition coefficient (Wildman–Crippen LogP) is 5.89. The highest BCUT2D eigenvalue weighted by molar-refractivity contribution is 6.31. The number of carbonyl (C=O) groups is 2. The highest BCUT2D eigenvalue weighted by Crippen LogP contribution is 2.44. The number of nitrogens with one attached hydrogen (secondary N) is 1. The van der Waals surface area contributed by atoms with Crippen molar-refractivity contribution in [2.45, 2.75) is 46.1 Å². The van der Waals surface area contributed by atoms with E-state index in [0.29, 0.717) is 17.0 Å². The first-order chi connectivity index (χ1) is 13.5. The second kappa shape index (κ2) is 8.61. The summed E-state index contributed by atoms with van der Waals surface area (Å²) in [6.07, 6.45) is 2.12. The van der Waals surface area contributed by atoms with Crippen LogP contribution in [0.4, 0.5) is 11.4 Å². The topological polar surface area (TPSA) is 49.4 Å². The zero-order chi connectivity index (χ0) is 20.3. The first-order valence-electron chi connectivity index (χ1n) is 9.60. The van der Waals surface area contributed by atoms with Gasteiger partial charge in [-0.25, -0.2) is 0 Å². The predicted molar refractivity (Wildman–Crippen MR) is 115 cm³/mol. The number of rotatable bonds is 5. The first kappa shape index (κ1) is 20.2. The normalized spacial score (nSPS) is 16.3. The first-order valence-corrected chi connectivity index (χ1v) is 9.97. The number of halogens is 1. The SMILES string of the molecule is CCCCC(=O)N1c2ccccc2NC(C)=C(C(C)=O)C1c1ccccc1Cl. The lowest BCUT2D eigenvalue weighted by Crippen LogP contribution is -2.37. The van der Waals surface area contributed by atoms with Crippen molar-refractivity contribution >= 4 is 34.7 Å². The van der Waals surface area contributed by atoms with E-state index in [1.54, 1.807) is 11.0 Å². The smallest absolute Gasteiger partial charge is 0.227 e. The summed E-state index contributed by atoms with van der Waals surface area (Å²) < 4.78 is 0. The van der Waals surface area contributed by atoms with Gasteiger partial charge in [-0.05, 0) is 44.0 Å². The van der Waals surface area contributed by atoms with Crippen LogP contribution in [0.15, 0.2) is 59.8 Å². The van der Waals surface area contributed by atoms with E-state index >= 15 is 0 Å². The molecule has 1 N–H and O–H groups in total. The minimum Gasteiger partial charge on any atom is -0.357 e. The maximum atomic E-state index is 13.4. The summed E-state index contributed by atoms with van der Waals surface area (Å²) in [5.41, 5.74) is 3.59. The van der Waals surface area contributed by atoms with Gasteiger partial charge in [0.2, 0.25) is 5.91 Å². The van der Waals surface area contributed by atoms with Crippen molar-refractivity contribution in [3.05, 3.63) is 70.4 Å². The van der Waals surface area contributed by atoms with Gasteiger partial charge in [0.15, 0.2) is 5.78 Å². The van der Waals surface area contributed by atoms with E-state index in [1.807, 2.05) is 49.4 Å². The molecule has 0 bridgehead atoms. The van der Waals surface area contributed by atoms with Gasteiger partial charge >= 0.3 is 0 Å². The molecule has 2 aromatic rings.